The van der Waals surface area contributed by atoms with Crippen molar-refractivity contribution < 1.29 is 22.0 Å². The number of carbonyl (C=O) groups excluding carboxylic acids is 1. The fourth-order valence-corrected chi connectivity index (χ4v) is 3.95. The molecule has 7 nitrogen and oxygen atoms in total. The first-order chi connectivity index (χ1) is 13.4. The summed E-state index contributed by atoms with van der Waals surface area (Å²) in [6, 6.07) is 6.67. The molecule has 2 heterocycles. The van der Waals surface area contributed by atoms with Crippen LogP contribution in [0.1, 0.15) is 35.4 Å². The highest BCUT2D eigenvalue weighted by Gasteiger charge is 2.30. The van der Waals surface area contributed by atoms with Crippen LogP contribution in [0.5, 0.6) is 0 Å². The summed E-state index contributed by atoms with van der Waals surface area (Å²) in [6.45, 7) is 1.76. The summed E-state index contributed by atoms with van der Waals surface area (Å²) in [4.78, 5) is 22.4. The van der Waals surface area contributed by atoms with Crippen LogP contribution >= 0.6 is 0 Å². The first-order valence-electron chi connectivity index (χ1n) is 8.86. The summed E-state index contributed by atoms with van der Waals surface area (Å²) >= 11 is 0. The number of nitrogens with one attached hydrogen (secondary N) is 1. The summed E-state index contributed by atoms with van der Waals surface area (Å²) in [5.41, 5.74) is -0.338. The molecule has 28 heavy (non-hydrogen) atoms. The zero-order valence-corrected chi connectivity index (χ0v) is 15.8. The quantitative estimate of drug-likeness (QED) is 0.786. The Bertz CT molecular complexity index is 947. The maximum Gasteiger partial charge on any atom is 0.341 e. The van der Waals surface area contributed by atoms with Crippen LogP contribution in [0, 0.1) is 0 Å². The lowest BCUT2D eigenvalue weighted by Crippen LogP contribution is -2.31. The number of anilines is 1. The van der Waals surface area contributed by atoms with Crippen LogP contribution in [0.3, 0.4) is 0 Å². The molecule has 2 aromatic rings. The molecule has 1 fully saturated rings. The van der Waals surface area contributed by atoms with Crippen LogP contribution < -0.4 is 10.2 Å². The number of hydrogen-bond acceptors (Lipinski definition) is 6. The van der Waals surface area contributed by atoms with Crippen LogP contribution in [0.25, 0.3) is 0 Å². The average molecular weight is 410 g/mol. The van der Waals surface area contributed by atoms with Crippen LogP contribution in [0.2, 0.25) is 0 Å². The SMILES string of the molecule is O=C(NCc1nccc(N2CCCCC2)n1)c1ccccc1S(=O)(=O)C(F)F. The second kappa shape index (κ2) is 8.59. The molecule has 0 unspecified atom stereocenters. The molecule has 1 aliphatic heterocycles. The van der Waals surface area contributed by atoms with Crippen molar-refractivity contribution in [2.75, 3.05) is 18.0 Å². The Morgan fingerprint density at radius 2 is 1.86 bits per heavy atom. The monoisotopic (exact) mass is 410 g/mol. The molecule has 0 aliphatic carbocycles. The Morgan fingerprint density at radius 1 is 1.14 bits per heavy atom. The normalized spacial score (nSPS) is 14.9. The molecule has 1 aromatic heterocycles. The molecule has 1 saturated heterocycles. The number of piperidine rings is 1. The predicted molar refractivity (Wildman–Crippen MR) is 98.9 cm³/mol. The first-order valence-corrected chi connectivity index (χ1v) is 10.4. The van der Waals surface area contributed by atoms with Gasteiger partial charge in [0.1, 0.15) is 11.6 Å². The number of aromatic nitrogens is 2. The van der Waals surface area contributed by atoms with Crippen molar-refractivity contribution in [3.05, 3.63) is 47.9 Å². The highest BCUT2D eigenvalue weighted by Crippen LogP contribution is 2.22. The summed E-state index contributed by atoms with van der Waals surface area (Å²) in [7, 11) is -4.89. The molecule has 0 saturated carbocycles. The minimum atomic E-state index is -4.89. The number of nitrogens with zero attached hydrogens (tertiary/aromatic N) is 3. The topological polar surface area (TPSA) is 92.3 Å². The van der Waals surface area contributed by atoms with Gasteiger partial charge in [-0.3, -0.25) is 4.79 Å². The zero-order chi connectivity index (χ0) is 20.1. The Morgan fingerprint density at radius 3 is 2.57 bits per heavy atom. The van der Waals surface area contributed by atoms with Crippen LogP contribution in [-0.4, -0.2) is 43.1 Å². The molecular formula is C18H20F2N4O3S. The lowest BCUT2D eigenvalue weighted by atomic mass is 10.1. The molecule has 1 aliphatic rings. The van der Waals surface area contributed by atoms with Gasteiger partial charge in [-0.1, -0.05) is 12.1 Å². The van der Waals surface area contributed by atoms with Crippen LogP contribution in [0.15, 0.2) is 41.4 Å². The number of benzene rings is 1. The number of sulfone groups is 1. The third-order valence-corrected chi connectivity index (χ3v) is 5.89. The van der Waals surface area contributed by atoms with E-state index in [4.69, 9.17) is 0 Å². The third kappa shape index (κ3) is 4.44. The van der Waals surface area contributed by atoms with Gasteiger partial charge in [-0.15, -0.1) is 0 Å². The zero-order valence-electron chi connectivity index (χ0n) is 15.0. The Hall–Kier alpha value is -2.62. The molecule has 150 valence electrons. The molecule has 0 radical (unpaired) electrons. The third-order valence-electron chi connectivity index (χ3n) is 4.45. The van der Waals surface area contributed by atoms with Crippen LogP contribution in [-0.2, 0) is 16.4 Å². The second-order valence-electron chi connectivity index (χ2n) is 6.36. The van der Waals surface area contributed by atoms with Gasteiger partial charge < -0.3 is 10.2 Å². The molecule has 3 rings (SSSR count). The fraction of sp³-hybridized carbons (Fsp3) is 0.389. The first kappa shape index (κ1) is 20.1. The van der Waals surface area contributed by atoms with Gasteiger partial charge in [-0.2, -0.15) is 8.78 Å². The van der Waals surface area contributed by atoms with Gasteiger partial charge >= 0.3 is 5.76 Å². The van der Waals surface area contributed by atoms with E-state index in [9.17, 15) is 22.0 Å². The molecule has 10 heteroatoms. The number of carbonyl (C=O) groups is 1. The molecule has 1 amide bonds. The minimum absolute atomic E-state index is 0.0520. The molecule has 1 N–H and O–H groups in total. The minimum Gasteiger partial charge on any atom is -0.357 e. The van der Waals surface area contributed by atoms with Gasteiger partial charge in [0.05, 0.1) is 17.0 Å². The summed E-state index contributed by atoms with van der Waals surface area (Å²) in [6.07, 6.45) is 4.95. The number of halogens is 2. The average Bonchev–Trinajstić information content (AvgIpc) is 2.72. The maximum absolute atomic E-state index is 12.9. The summed E-state index contributed by atoms with van der Waals surface area (Å²) < 4.78 is 49.3. The van der Waals surface area contributed by atoms with Crippen molar-refractivity contribution in [1.29, 1.82) is 0 Å². The van der Waals surface area contributed by atoms with E-state index in [1.807, 2.05) is 0 Å². The van der Waals surface area contributed by atoms with Crippen molar-refractivity contribution in [3.8, 4) is 0 Å². The molecule has 0 atom stereocenters. The predicted octanol–water partition coefficient (Wildman–Crippen LogP) is 2.39. The van der Waals surface area contributed by atoms with Crippen molar-refractivity contribution in [2.24, 2.45) is 0 Å². The van der Waals surface area contributed by atoms with Gasteiger partial charge in [0.2, 0.25) is 9.84 Å². The van der Waals surface area contributed by atoms with Gasteiger partial charge in [-0.25, -0.2) is 18.4 Å². The van der Waals surface area contributed by atoms with E-state index in [1.54, 1.807) is 12.3 Å². The Kier molecular flexibility index (Phi) is 6.18. The van der Waals surface area contributed by atoms with E-state index in [2.05, 4.69) is 20.2 Å². The molecule has 0 spiro atoms. The molecule has 0 bridgehead atoms. The van der Waals surface area contributed by atoms with E-state index in [0.29, 0.717) is 5.82 Å². The summed E-state index contributed by atoms with van der Waals surface area (Å²) in [5.74, 6) is -3.27. The van der Waals surface area contributed by atoms with Gasteiger partial charge in [-0.05, 0) is 37.5 Å². The second-order valence-corrected chi connectivity index (χ2v) is 8.25. The van der Waals surface area contributed by atoms with Gasteiger partial charge in [0.25, 0.3) is 5.91 Å². The lowest BCUT2D eigenvalue weighted by Gasteiger charge is -2.27. The van der Waals surface area contributed by atoms with E-state index in [1.165, 1.54) is 24.6 Å². The van der Waals surface area contributed by atoms with Gasteiger partial charge in [0, 0.05) is 19.3 Å². The highest BCUT2D eigenvalue weighted by molar-refractivity contribution is 7.91. The fourth-order valence-electron chi connectivity index (χ4n) is 3.03. The smallest absolute Gasteiger partial charge is 0.341 e. The van der Waals surface area contributed by atoms with Crippen molar-refractivity contribution >= 4 is 21.6 Å². The van der Waals surface area contributed by atoms with E-state index >= 15 is 0 Å². The van der Waals surface area contributed by atoms with E-state index in [0.717, 1.165) is 37.8 Å². The number of rotatable bonds is 6. The summed E-state index contributed by atoms with van der Waals surface area (Å²) in [5, 5.41) is 2.51. The molecular weight excluding hydrogens is 390 g/mol. The van der Waals surface area contributed by atoms with Crippen molar-refractivity contribution in [1.82, 2.24) is 15.3 Å². The number of alkyl halides is 2. The molecule has 1 aromatic carbocycles. The Labute approximate surface area is 161 Å². The number of amides is 1. The standard InChI is InChI=1S/C18H20F2N4O3S/c19-18(20)28(26,27)14-7-3-2-6-13(14)17(25)22-12-15-21-9-8-16(23-15)24-10-4-1-5-11-24/h2-3,6-9,18H,1,4-5,10-12H2,(H,22,25). The Balaban J connectivity index is 1.73. The number of hydrogen-bond donors (Lipinski definition) is 1. The largest absolute Gasteiger partial charge is 0.357 e. The van der Waals surface area contributed by atoms with E-state index < -0.39 is 26.4 Å². The highest BCUT2D eigenvalue weighted by atomic mass is 32.2. The lowest BCUT2D eigenvalue weighted by molar-refractivity contribution is 0.0946. The van der Waals surface area contributed by atoms with Crippen molar-refractivity contribution in [3.63, 3.8) is 0 Å². The van der Waals surface area contributed by atoms with Crippen LogP contribution in [0.4, 0.5) is 14.6 Å². The van der Waals surface area contributed by atoms with E-state index in [-0.39, 0.29) is 12.1 Å². The van der Waals surface area contributed by atoms with Crippen molar-refractivity contribution in [2.45, 2.75) is 36.5 Å². The maximum atomic E-state index is 12.9. The van der Waals surface area contributed by atoms with Gasteiger partial charge in [0.15, 0.2) is 0 Å².